The van der Waals surface area contributed by atoms with Gasteiger partial charge in [0.2, 0.25) is 11.8 Å². The fourth-order valence-corrected chi connectivity index (χ4v) is 10.5. The Hall–Kier alpha value is -10.6. The molecule has 1 heterocycles. The number of nitrogens with one attached hydrogen (secondary N) is 7. The third-order valence-electron chi connectivity index (χ3n) is 15.0. The van der Waals surface area contributed by atoms with Crippen LogP contribution in [0.5, 0.6) is 0 Å². The summed E-state index contributed by atoms with van der Waals surface area (Å²) in [6, 6.07) is 29.4. The summed E-state index contributed by atoms with van der Waals surface area (Å²) in [6.07, 6.45) is 16.4. The number of nitrogens with two attached hydrogens (primary N) is 2. The summed E-state index contributed by atoms with van der Waals surface area (Å²) in [7, 11) is 0. The SMILES string of the molecule is C#CCN.C#CCNC(=O)C(CCCCNC(=O)OC(C)(C)C)NC(=O)OCC1c2ccccc2-c2ccccc21.C#CCNC(=O)C(N)CCCCNC(=O)OC(C)(C)C.CC(C)(C)OC(=O)NCCCCC(NC(=O)OCC1c2ccccc2-c2ccccc21)C(=O)ON1C(=O)CCC1=O. The van der Waals surface area contributed by atoms with E-state index in [4.69, 9.17) is 52.8 Å². The molecule has 7 rings (SSSR count). The van der Waals surface area contributed by atoms with Gasteiger partial charge in [-0.1, -0.05) is 115 Å². The van der Waals surface area contributed by atoms with Crippen molar-refractivity contribution in [1.82, 2.24) is 42.3 Å². The summed E-state index contributed by atoms with van der Waals surface area (Å²) in [6.45, 7) is 18.0. The number of alkyl carbamates (subject to hydrolysis) is 5. The number of hydrogen-bond donors (Lipinski definition) is 9. The lowest BCUT2D eigenvalue weighted by molar-refractivity contribution is -0.199. The number of amides is 9. The summed E-state index contributed by atoms with van der Waals surface area (Å²) < 4.78 is 26.6. The molecule has 26 heteroatoms. The Morgan fingerprint density at radius 2 is 0.794 bits per heavy atom. The van der Waals surface area contributed by atoms with Gasteiger partial charge < -0.3 is 77.2 Å². The van der Waals surface area contributed by atoms with Gasteiger partial charge in [0.05, 0.1) is 25.7 Å². The van der Waals surface area contributed by atoms with Crippen molar-refractivity contribution in [2.45, 2.75) is 180 Å². The third kappa shape index (κ3) is 30.1. The summed E-state index contributed by atoms with van der Waals surface area (Å²) in [4.78, 5) is 126. The fraction of sp³-hybridized carbons (Fsp3) is 0.474. The zero-order valence-corrected chi connectivity index (χ0v) is 59.9. The highest BCUT2D eigenvalue weighted by molar-refractivity contribution is 6.02. The summed E-state index contributed by atoms with van der Waals surface area (Å²) in [5.74, 6) is 3.80. The first-order valence-corrected chi connectivity index (χ1v) is 33.9. The minimum atomic E-state index is -1.19. The average molecular weight is 1410 g/mol. The van der Waals surface area contributed by atoms with Crippen LogP contribution in [0.3, 0.4) is 0 Å². The highest BCUT2D eigenvalue weighted by Crippen LogP contribution is 2.46. The van der Waals surface area contributed by atoms with E-state index in [0.717, 1.165) is 57.3 Å². The van der Waals surface area contributed by atoms with E-state index in [0.29, 0.717) is 63.2 Å². The Kier molecular flexibility index (Phi) is 34.9. The maximum atomic E-state index is 12.9. The third-order valence-corrected chi connectivity index (χ3v) is 15.0. The molecule has 9 amide bonds. The second-order valence-electron chi connectivity index (χ2n) is 26.7. The molecule has 3 aliphatic rings. The van der Waals surface area contributed by atoms with Crippen LogP contribution in [0.2, 0.25) is 0 Å². The lowest BCUT2D eigenvalue weighted by Crippen LogP contribution is -2.47. The molecule has 26 nitrogen and oxygen atoms in total. The first kappa shape index (κ1) is 83.8. The maximum absolute atomic E-state index is 12.9. The van der Waals surface area contributed by atoms with Crippen molar-refractivity contribution >= 4 is 60.1 Å². The highest BCUT2D eigenvalue weighted by atomic mass is 16.7. The van der Waals surface area contributed by atoms with Gasteiger partial charge in [0.25, 0.3) is 11.8 Å². The van der Waals surface area contributed by atoms with Gasteiger partial charge in [-0.15, -0.1) is 24.3 Å². The maximum Gasteiger partial charge on any atom is 0.407 e. The zero-order valence-electron chi connectivity index (χ0n) is 59.9. The van der Waals surface area contributed by atoms with Gasteiger partial charge in [-0.2, -0.15) is 0 Å². The number of unbranched alkanes of at least 4 members (excludes halogenated alkanes) is 3. The monoisotopic (exact) mass is 1410 g/mol. The molecule has 4 aromatic carbocycles. The Morgan fingerprint density at radius 3 is 1.14 bits per heavy atom. The summed E-state index contributed by atoms with van der Waals surface area (Å²) in [5, 5.41) is 18.7. The number of carbonyl (C=O) groups excluding carboxylic acids is 10. The zero-order chi connectivity index (χ0) is 75.4. The van der Waals surface area contributed by atoms with E-state index >= 15 is 0 Å². The number of nitrogens with zero attached hydrogens (tertiary/aromatic N) is 1. The molecule has 1 fully saturated rings. The van der Waals surface area contributed by atoms with Crippen LogP contribution in [0.4, 0.5) is 24.0 Å². The Bertz CT molecular complexity index is 3500. The molecule has 550 valence electrons. The van der Waals surface area contributed by atoms with Crippen LogP contribution < -0.4 is 48.7 Å². The molecule has 3 unspecified atom stereocenters. The number of hydrogen-bond acceptors (Lipinski definition) is 18. The first-order chi connectivity index (χ1) is 48.4. The molecule has 11 N–H and O–H groups in total. The average Bonchev–Trinajstić information content (AvgIpc) is 1.63. The topological polar surface area (TPSA) is 366 Å². The van der Waals surface area contributed by atoms with E-state index in [-0.39, 0.29) is 75.8 Å². The molecule has 4 aromatic rings. The molecule has 1 saturated heterocycles. The van der Waals surface area contributed by atoms with Crippen molar-refractivity contribution < 1.29 is 76.5 Å². The Labute approximate surface area is 598 Å². The van der Waals surface area contributed by atoms with Crippen LogP contribution in [0, 0.1) is 37.0 Å². The number of fused-ring (bicyclic) bond motifs is 6. The van der Waals surface area contributed by atoms with Gasteiger partial charge in [-0.3, -0.25) is 19.2 Å². The molecule has 102 heavy (non-hydrogen) atoms. The number of hydroxylamine groups is 2. The summed E-state index contributed by atoms with van der Waals surface area (Å²) >= 11 is 0. The van der Waals surface area contributed by atoms with Gasteiger partial charge in [0.1, 0.15) is 42.1 Å². The van der Waals surface area contributed by atoms with E-state index in [1.54, 1.807) is 62.3 Å². The van der Waals surface area contributed by atoms with Crippen molar-refractivity contribution in [2.75, 3.05) is 52.5 Å². The van der Waals surface area contributed by atoms with Gasteiger partial charge in [0, 0.05) is 44.3 Å². The molecule has 0 saturated carbocycles. The van der Waals surface area contributed by atoms with Crippen molar-refractivity contribution in [3.05, 3.63) is 119 Å². The van der Waals surface area contributed by atoms with E-state index in [9.17, 15) is 47.9 Å². The van der Waals surface area contributed by atoms with Crippen LogP contribution in [0.15, 0.2) is 97.1 Å². The lowest BCUT2D eigenvalue weighted by Gasteiger charge is -2.21. The largest absolute Gasteiger partial charge is 0.449 e. The first-order valence-electron chi connectivity index (χ1n) is 33.9. The number of carbonyl (C=O) groups is 10. The predicted octanol–water partition coefficient (Wildman–Crippen LogP) is 8.87. The van der Waals surface area contributed by atoms with Crippen molar-refractivity contribution in [2.24, 2.45) is 11.5 Å². The summed E-state index contributed by atoms with van der Waals surface area (Å²) in [5.41, 5.74) is 17.5. The molecule has 2 aliphatic carbocycles. The van der Waals surface area contributed by atoms with Crippen LogP contribution >= 0.6 is 0 Å². The molecule has 0 radical (unpaired) electrons. The van der Waals surface area contributed by atoms with Crippen LogP contribution in [0.1, 0.15) is 167 Å². The van der Waals surface area contributed by atoms with Crippen molar-refractivity contribution in [3.8, 4) is 59.3 Å². The molecule has 0 bridgehead atoms. The number of benzene rings is 4. The highest BCUT2D eigenvalue weighted by Gasteiger charge is 2.37. The van der Waals surface area contributed by atoms with Gasteiger partial charge in [-0.05, 0) is 165 Å². The minimum Gasteiger partial charge on any atom is -0.449 e. The van der Waals surface area contributed by atoms with E-state index in [2.05, 4.69) is 73.5 Å². The minimum absolute atomic E-state index is 0.0462. The van der Waals surface area contributed by atoms with E-state index < -0.39 is 83.2 Å². The predicted molar refractivity (Wildman–Crippen MR) is 385 cm³/mol. The quantitative estimate of drug-likeness (QED) is 0.0116. The molecular weight excluding hydrogens is 1310 g/mol. The number of rotatable bonds is 27. The Morgan fingerprint density at radius 1 is 0.471 bits per heavy atom. The molecular formula is C76H100N10O16. The van der Waals surface area contributed by atoms with Crippen LogP contribution in [0.25, 0.3) is 22.3 Å². The van der Waals surface area contributed by atoms with E-state index in [1.807, 2.05) is 84.9 Å². The second kappa shape index (κ2) is 42.5. The number of imide groups is 1. The molecule has 1 aliphatic heterocycles. The standard InChI is InChI=1S/C30H35N3O8.C29H35N3O5.C14H25N3O3.C3H5N/c1-30(2,3)40-28(37)31-17-9-8-14-24(27(36)41-33-25(34)15-16-26(33)35)32-29(38)39-18-23-21-12-6-4-10-19(21)20-11-5-7-13-22(20)23;1-5-17-30-26(33)25(16-10-11-18-31-27(34)37-29(2,3)4)32-28(35)36-19-24-22-14-8-6-12-20(22)21-13-7-9-15-23(21)24;1-5-9-16-12(18)11(15)8-6-7-10-17-13(19)20-14(2,3)4;1-2-3-4/h4-7,10-13,23-24H,8-9,14-18H2,1-3H3,(H,31,37)(H,32,38);1,6-9,12-15,24-25H,10-11,16-19H2,2-4H3,(H,30,33)(H,31,34)(H,32,35);1,11H,6-10,15H2,2-4H3,(H,16,18)(H,17,19);1H,3-4H2. The smallest absolute Gasteiger partial charge is 0.407 e. The molecule has 0 spiro atoms. The van der Waals surface area contributed by atoms with Crippen LogP contribution in [-0.2, 0) is 52.5 Å². The van der Waals surface area contributed by atoms with Crippen LogP contribution in [-0.4, -0.2) is 153 Å². The van der Waals surface area contributed by atoms with Gasteiger partial charge in [0.15, 0.2) is 0 Å². The van der Waals surface area contributed by atoms with Crippen molar-refractivity contribution in [1.29, 1.82) is 0 Å². The second-order valence-corrected chi connectivity index (χ2v) is 26.7. The number of terminal acetylenes is 3. The van der Waals surface area contributed by atoms with Gasteiger partial charge in [-0.25, -0.2) is 28.8 Å². The molecule has 3 atom stereocenters. The Balaban J connectivity index is 0.000000333. The number of ether oxygens (including phenoxy) is 5. The van der Waals surface area contributed by atoms with Gasteiger partial charge >= 0.3 is 36.4 Å². The molecule has 0 aromatic heterocycles. The fourth-order valence-electron chi connectivity index (χ4n) is 10.5. The van der Waals surface area contributed by atoms with Crippen molar-refractivity contribution in [3.63, 3.8) is 0 Å². The van der Waals surface area contributed by atoms with E-state index in [1.165, 1.54) is 0 Å². The normalized spacial score (nSPS) is 13.4. The lowest BCUT2D eigenvalue weighted by atomic mass is 9.98.